The number of benzene rings is 1. The molecule has 10 heteroatoms. The fourth-order valence-corrected chi connectivity index (χ4v) is 3.21. The van der Waals surface area contributed by atoms with Gasteiger partial charge >= 0.3 is 0 Å². The summed E-state index contributed by atoms with van der Waals surface area (Å²) in [5.74, 6) is 0.130. The summed E-state index contributed by atoms with van der Waals surface area (Å²) in [6.07, 6.45) is 0. The molecular weight excluding hydrogens is 300 g/mol. The first-order chi connectivity index (χ1) is 9.72. The van der Waals surface area contributed by atoms with E-state index < -0.39 is 14.9 Å². The number of rotatable bonds is 4. The first-order valence-corrected chi connectivity index (χ1v) is 7.20. The Balaban J connectivity index is 2.42. The van der Waals surface area contributed by atoms with E-state index in [1.165, 1.54) is 26.0 Å². The Morgan fingerprint density at radius 2 is 2.05 bits per heavy atom. The summed E-state index contributed by atoms with van der Waals surface area (Å²) in [7, 11) is -3.96. The Kier molecular flexibility index (Phi) is 3.56. The van der Waals surface area contributed by atoms with Crippen molar-refractivity contribution < 1.29 is 17.9 Å². The second kappa shape index (κ2) is 5.05. The van der Waals surface area contributed by atoms with Crippen molar-refractivity contribution in [2.75, 3.05) is 10.5 Å². The predicted octanol–water partition coefficient (Wildman–Crippen LogP) is 1.58. The topological polar surface area (TPSA) is 141 Å². The van der Waals surface area contributed by atoms with Gasteiger partial charge in [0.2, 0.25) is 0 Å². The number of sulfonamides is 1. The lowest BCUT2D eigenvalue weighted by molar-refractivity contribution is -0.383. The third-order valence-corrected chi connectivity index (χ3v) is 4.34. The van der Waals surface area contributed by atoms with Gasteiger partial charge in [-0.25, -0.2) is 8.42 Å². The quantitative estimate of drug-likeness (QED) is 0.496. The Bertz CT molecular complexity index is 793. The van der Waals surface area contributed by atoms with E-state index >= 15 is 0 Å². The van der Waals surface area contributed by atoms with Gasteiger partial charge in [0, 0.05) is 6.07 Å². The number of nitrogens with zero attached hydrogens (tertiary/aromatic N) is 2. The lowest BCUT2D eigenvalue weighted by Gasteiger charge is -2.08. The summed E-state index contributed by atoms with van der Waals surface area (Å²) in [6, 6.07) is 3.63. The minimum Gasteiger partial charge on any atom is -0.393 e. The molecule has 0 unspecified atom stereocenters. The predicted molar refractivity (Wildman–Crippen MR) is 74.3 cm³/mol. The van der Waals surface area contributed by atoms with Crippen molar-refractivity contribution in [3.05, 3.63) is 39.8 Å². The highest BCUT2D eigenvalue weighted by Crippen LogP contribution is 2.28. The molecule has 0 saturated heterocycles. The van der Waals surface area contributed by atoms with E-state index in [2.05, 4.69) is 9.88 Å². The number of hydrogen-bond acceptors (Lipinski definition) is 7. The number of aryl methyl sites for hydroxylation is 2. The van der Waals surface area contributed by atoms with Crippen LogP contribution in [-0.2, 0) is 10.0 Å². The highest BCUT2D eigenvalue weighted by Gasteiger charge is 2.25. The maximum atomic E-state index is 12.3. The van der Waals surface area contributed by atoms with Crippen molar-refractivity contribution in [1.82, 2.24) is 5.16 Å². The van der Waals surface area contributed by atoms with Gasteiger partial charge in [-0.1, -0.05) is 5.16 Å². The summed E-state index contributed by atoms with van der Waals surface area (Å²) in [5, 5.41) is 14.4. The second-order valence-corrected chi connectivity index (χ2v) is 5.91. The van der Waals surface area contributed by atoms with Crippen LogP contribution in [0.1, 0.15) is 11.5 Å². The average molecular weight is 312 g/mol. The smallest absolute Gasteiger partial charge is 0.294 e. The molecule has 1 heterocycles. The number of nitrogens with one attached hydrogen (secondary N) is 1. The maximum Gasteiger partial charge on any atom is 0.294 e. The number of anilines is 2. The fourth-order valence-electron chi connectivity index (χ4n) is 1.83. The van der Waals surface area contributed by atoms with Crippen molar-refractivity contribution in [3.63, 3.8) is 0 Å². The highest BCUT2D eigenvalue weighted by molar-refractivity contribution is 7.92. The normalized spacial score (nSPS) is 11.3. The summed E-state index contributed by atoms with van der Waals surface area (Å²) in [5.41, 5.74) is 5.24. The lowest BCUT2D eigenvalue weighted by atomic mass is 10.2. The van der Waals surface area contributed by atoms with E-state index in [1.54, 1.807) is 0 Å². The van der Waals surface area contributed by atoms with Gasteiger partial charge in [0.05, 0.1) is 10.6 Å². The molecule has 0 aliphatic rings. The van der Waals surface area contributed by atoms with Crippen molar-refractivity contribution in [2.45, 2.75) is 18.7 Å². The molecule has 0 radical (unpaired) electrons. The van der Waals surface area contributed by atoms with Gasteiger partial charge < -0.3 is 10.3 Å². The molecule has 0 amide bonds. The van der Waals surface area contributed by atoms with Crippen LogP contribution in [0.5, 0.6) is 0 Å². The zero-order valence-corrected chi connectivity index (χ0v) is 12.0. The van der Waals surface area contributed by atoms with Crippen LogP contribution in [0.15, 0.2) is 27.6 Å². The van der Waals surface area contributed by atoms with Crippen LogP contribution in [0.4, 0.5) is 17.1 Å². The molecule has 0 fully saturated rings. The zero-order valence-electron chi connectivity index (χ0n) is 11.2. The van der Waals surface area contributed by atoms with E-state index in [0.717, 1.165) is 6.07 Å². The first-order valence-electron chi connectivity index (χ1n) is 5.72. The van der Waals surface area contributed by atoms with Gasteiger partial charge in [0.15, 0.2) is 10.7 Å². The van der Waals surface area contributed by atoms with Gasteiger partial charge in [-0.3, -0.25) is 14.8 Å². The molecule has 1 aromatic heterocycles. The van der Waals surface area contributed by atoms with Crippen molar-refractivity contribution >= 4 is 27.1 Å². The van der Waals surface area contributed by atoms with Gasteiger partial charge in [-0.15, -0.1) is 0 Å². The van der Waals surface area contributed by atoms with Crippen LogP contribution in [0.2, 0.25) is 0 Å². The van der Waals surface area contributed by atoms with E-state index in [4.69, 9.17) is 10.3 Å². The number of hydrogen-bond donors (Lipinski definition) is 2. The zero-order chi connectivity index (χ0) is 15.8. The molecule has 2 rings (SSSR count). The highest BCUT2D eigenvalue weighted by atomic mass is 32.2. The molecule has 0 spiro atoms. The standard InChI is InChI=1S/C11H12N4O5S/c1-6-11(7(2)20-13-6)21(18,19)14-8-3-4-9(12)10(5-8)15(16)17/h3-5,14H,12H2,1-2H3. The van der Waals surface area contributed by atoms with Gasteiger partial charge in [0.25, 0.3) is 15.7 Å². The fraction of sp³-hybridized carbons (Fsp3) is 0.182. The van der Waals surface area contributed by atoms with Crippen molar-refractivity contribution in [1.29, 1.82) is 0 Å². The molecular formula is C11H12N4O5S. The number of nitrogen functional groups attached to an aromatic ring is 1. The summed E-state index contributed by atoms with van der Waals surface area (Å²) >= 11 is 0. The van der Waals surface area contributed by atoms with Gasteiger partial charge in [-0.2, -0.15) is 0 Å². The van der Waals surface area contributed by atoms with Crippen LogP contribution in [0, 0.1) is 24.0 Å². The third kappa shape index (κ3) is 2.79. The molecule has 1 aromatic carbocycles. The Labute approximate surface area is 119 Å². The Morgan fingerprint density at radius 3 is 2.57 bits per heavy atom. The molecule has 2 aromatic rings. The molecule has 21 heavy (non-hydrogen) atoms. The van der Waals surface area contributed by atoms with Crippen LogP contribution < -0.4 is 10.5 Å². The Hall–Kier alpha value is -2.62. The molecule has 3 N–H and O–H groups in total. The Morgan fingerprint density at radius 1 is 1.38 bits per heavy atom. The third-order valence-electron chi connectivity index (χ3n) is 2.72. The summed E-state index contributed by atoms with van der Waals surface area (Å²) in [4.78, 5) is 10.0. The molecule has 0 saturated carbocycles. The van der Waals surface area contributed by atoms with E-state index in [9.17, 15) is 18.5 Å². The number of nitrogens with two attached hydrogens (primary N) is 1. The maximum absolute atomic E-state index is 12.3. The largest absolute Gasteiger partial charge is 0.393 e. The second-order valence-electron chi connectivity index (χ2n) is 4.29. The lowest BCUT2D eigenvalue weighted by Crippen LogP contribution is -2.14. The van der Waals surface area contributed by atoms with Crippen molar-refractivity contribution in [2.24, 2.45) is 0 Å². The van der Waals surface area contributed by atoms with Crippen molar-refractivity contribution in [3.8, 4) is 0 Å². The van der Waals surface area contributed by atoms with E-state index in [-0.39, 0.29) is 33.4 Å². The molecule has 0 aliphatic heterocycles. The van der Waals surface area contributed by atoms with E-state index in [1.807, 2.05) is 0 Å². The van der Waals surface area contributed by atoms with Crippen LogP contribution >= 0.6 is 0 Å². The average Bonchev–Trinajstić information content (AvgIpc) is 2.71. The van der Waals surface area contributed by atoms with Crippen LogP contribution in [0.25, 0.3) is 0 Å². The molecule has 112 valence electrons. The SMILES string of the molecule is Cc1noc(C)c1S(=O)(=O)Nc1ccc(N)c([N+](=O)[O-])c1. The summed E-state index contributed by atoms with van der Waals surface area (Å²) < 4.78 is 31.6. The van der Waals surface area contributed by atoms with Gasteiger partial charge in [-0.05, 0) is 26.0 Å². The van der Waals surface area contributed by atoms with Crippen LogP contribution in [0.3, 0.4) is 0 Å². The van der Waals surface area contributed by atoms with E-state index in [0.29, 0.717) is 0 Å². The van der Waals surface area contributed by atoms with Crippen LogP contribution in [-0.4, -0.2) is 18.5 Å². The minimum atomic E-state index is -3.96. The number of nitro groups is 1. The molecule has 0 aliphatic carbocycles. The number of nitro benzene ring substituents is 1. The first kappa shape index (κ1) is 14.8. The summed E-state index contributed by atoms with van der Waals surface area (Å²) in [6.45, 7) is 2.94. The van der Waals surface area contributed by atoms with Gasteiger partial charge in [0.1, 0.15) is 11.4 Å². The molecule has 0 atom stereocenters. The number of aromatic nitrogens is 1. The molecule has 0 bridgehead atoms. The molecule has 9 nitrogen and oxygen atoms in total. The minimum absolute atomic E-state index is 0.0240. The monoisotopic (exact) mass is 312 g/mol.